The van der Waals surface area contributed by atoms with Crippen LogP contribution in [0.3, 0.4) is 0 Å². The fourth-order valence-electron chi connectivity index (χ4n) is 2.54. The predicted molar refractivity (Wildman–Crippen MR) is 105 cm³/mol. The molecule has 1 aromatic heterocycles. The number of carbonyl (C=O) groups is 2. The van der Waals surface area contributed by atoms with Crippen LogP contribution in [0, 0.1) is 0 Å². The summed E-state index contributed by atoms with van der Waals surface area (Å²) in [4.78, 5) is 23.6. The number of ether oxygens (including phenoxy) is 1. The molecule has 2 aromatic carbocycles. The van der Waals surface area contributed by atoms with E-state index < -0.39 is 0 Å². The number of para-hydroxylation sites is 1. The lowest BCUT2D eigenvalue weighted by molar-refractivity contribution is -0.127. The van der Waals surface area contributed by atoms with E-state index in [1.807, 2.05) is 54.7 Å². The molecule has 0 aliphatic rings. The van der Waals surface area contributed by atoms with Gasteiger partial charge in [0.1, 0.15) is 5.75 Å². The van der Waals surface area contributed by atoms with Crippen molar-refractivity contribution < 1.29 is 14.3 Å². The van der Waals surface area contributed by atoms with Gasteiger partial charge in [-0.2, -0.15) is 5.10 Å². The van der Waals surface area contributed by atoms with Gasteiger partial charge in [0.2, 0.25) is 5.91 Å². The minimum absolute atomic E-state index is 0.0742. The number of amides is 2. The molecule has 1 heterocycles. The van der Waals surface area contributed by atoms with Crippen LogP contribution in [-0.4, -0.2) is 41.3 Å². The van der Waals surface area contributed by atoms with Gasteiger partial charge >= 0.3 is 0 Å². The Morgan fingerprint density at radius 2 is 1.71 bits per heavy atom. The fourth-order valence-corrected chi connectivity index (χ4v) is 2.54. The summed E-state index contributed by atoms with van der Waals surface area (Å²) in [6.07, 6.45) is 4.32. The van der Waals surface area contributed by atoms with Gasteiger partial charge in [-0.05, 0) is 42.3 Å². The molecule has 0 aliphatic carbocycles. The lowest BCUT2D eigenvalue weighted by Gasteiger charge is -2.09. The van der Waals surface area contributed by atoms with Crippen molar-refractivity contribution in [2.24, 2.45) is 0 Å². The average molecular weight is 378 g/mol. The van der Waals surface area contributed by atoms with Crippen molar-refractivity contribution in [2.45, 2.75) is 6.42 Å². The van der Waals surface area contributed by atoms with Gasteiger partial charge in [-0.25, -0.2) is 4.68 Å². The molecule has 0 spiro atoms. The second kappa shape index (κ2) is 9.91. The minimum atomic E-state index is -0.340. The van der Waals surface area contributed by atoms with Crippen LogP contribution in [0.1, 0.15) is 5.56 Å². The predicted octanol–water partition coefficient (Wildman–Crippen LogP) is 1.73. The number of hydrogen-bond donors (Lipinski definition) is 2. The Labute approximate surface area is 163 Å². The maximum Gasteiger partial charge on any atom is 0.258 e. The fraction of sp³-hybridized carbons (Fsp3) is 0.190. The minimum Gasteiger partial charge on any atom is -0.484 e. The van der Waals surface area contributed by atoms with Crippen LogP contribution >= 0.6 is 0 Å². The van der Waals surface area contributed by atoms with E-state index in [-0.39, 0.29) is 25.0 Å². The number of nitrogens with zero attached hydrogens (tertiary/aromatic N) is 2. The van der Waals surface area contributed by atoms with Gasteiger partial charge in [-0.3, -0.25) is 9.59 Å². The first-order valence-corrected chi connectivity index (χ1v) is 9.01. The standard InChI is InChI=1S/C21H22N4O3/c26-20(15-23-21(27)16-28-19-5-2-1-3-6-19)22-13-11-17-7-9-18(10-8-17)25-14-4-12-24-25/h1-10,12,14H,11,13,15-16H2,(H,22,26)(H,23,27). The SMILES string of the molecule is O=C(CNC(=O)COc1ccccc1)NCCc1ccc(-n2cccn2)cc1. The van der Waals surface area contributed by atoms with Crippen LogP contribution < -0.4 is 15.4 Å². The Morgan fingerprint density at radius 1 is 0.929 bits per heavy atom. The van der Waals surface area contributed by atoms with Crippen LogP contribution in [0.5, 0.6) is 5.75 Å². The number of nitrogens with one attached hydrogen (secondary N) is 2. The summed E-state index contributed by atoms with van der Waals surface area (Å²) in [6.45, 7) is 0.297. The third-order valence-electron chi connectivity index (χ3n) is 4.00. The van der Waals surface area contributed by atoms with Crippen molar-refractivity contribution in [1.82, 2.24) is 20.4 Å². The van der Waals surface area contributed by atoms with Crippen LogP contribution in [0.25, 0.3) is 5.69 Å². The highest BCUT2D eigenvalue weighted by Gasteiger charge is 2.06. The van der Waals surface area contributed by atoms with Gasteiger partial charge in [0.05, 0.1) is 12.2 Å². The highest BCUT2D eigenvalue weighted by Crippen LogP contribution is 2.09. The number of carbonyl (C=O) groups excluding carboxylic acids is 2. The van der Waals surface area contributed by atoms with E-state index in [9.17, 15) is 9.59 Å². The lowest BCUT2D eigenvalue weighted by atomic mass is 10.1. The van der Waals surface area contributed by atoms with Crippen LogP contribution in [0.15, 0.2) is 73.1 Å². The molecule has 0 saturated heterocycles. The normalized spacial score (nSPS) is 10.3. The second-order valence-electron chi connectivity index (χ2n) is 6.10. The van der Waals surface area contributed by atoms with Crippen LogP contribution in [0.2, 0.25) is 0 Å². The Bertz CT molecular complexity index is 878. The molecule has 7 heteroatoms. The highest BCUT2D eigenvalue weighted by atomic mass is 16.5. The maximum atomic E-state index is 11.8. The van der Waals surface area contributed by atoms with E-state index >= 15 is 0 Å². The van der Waals surface area contributed by atoms with E-state index in [2.05, 4.69) is 15.7 Å². The number of rotatable bonds is 9. The lowest BCUT2D eigenvalue weighted by Crippen LogP contribution is -2.39. The van der Waals surface area contributed by atoms with Gasteiger partial charge in [0.15, 0.2) is 6.61 Å². The van der Waals surface area contributed by atoms with Gasteiger partial charge < -0.3 is 15.4 Å². The summed E-state index contributed by atoms with van der Waals surface area (Å²) >= 11 is 0. The smallest absolute Gasteiger partial charge is 0.258 e. The van der Waals surface area contributed by atoms with Gasteiger partial charge in [-0.1, -0.05) is 30.3 Å². The number of benzene rings is 2. The van der Waals surface area contributed by atoms with E-state index in [1.165, 1.54) is 0 Å². The molecule has 0 bridgehead atoms. The highest BCUT2D eigenvalue weighted by molar-refractivity contribution is 5.85. The molecule has 7 nitrogen and oxygen atoms in total. The molecule has 144 valence electrons. The average Bonchev–Trinajstić information content (AvgIpc) is 3.27. The van der Waals surface area contributed by atoms with Crippen molar-refractivity contribution >= 4 is 11.8 Å². The first kappa shape index (κ1) is 19.2. The molecule has 2 N–H and O–H groups in total. The molecule has 2 amide bonds. The number of aromatic nitrogens is 2. The summed E-state index contributed by atoms with van der Waals surface area (Å²) < 4.78 is 7.11. The Balaban J connectivity index is 1.31. The molecule has 0 unspecified atom stereocenters. The van der Waals surface area contributed by atoms with E-state index in [1.54, 1.807) is 23.0 Å². The van der Waals surface area contributed by atoms with Crippen LogP contribution in [0.4, 0.5) is 0 Å². The molecular weight excluding hydrogens is 356 g/mol. The summed E-state index contributed by atoms with van der Waals surface area (Å²) in [5, 5.41) is 9.51. The summed E-state index contributed by atoms with van der Waals surface area (Å²) in [5.74, 6) is 0.0371. The number of hydrogen-bond acceptors (Lipinski definition) is 4. The monoisotopic (exact) mass is 378 g/mol. The third-order valence-corrected chi connectivity index (χ3v) is 4.00. The van der Waals surface area contributed by atoms with Crippen molar-refractivity contribution in [3.05, 3.63) is 78.6 Å². The van der Waals surface area contributed by atoms with Crippen molar-refractivity contribution in [2.75, 3.05) is 19.7 Å². The molecule has 0 fully saturated rings. The summed E-state index contributed by atoms with van der Waals surface area (Å²) in [6, 6.07) is 18.9. The molecule has 0 atom stereocenters. The summed E-state index contributed by atoms with van der Waals surface area (Å²) in [7, 11) is 0. The van der Waals surface area contributed by atoms with E-state index in [0.29, 0.717) is 18.7 Å². The summed E-state index contributed by atoms with van der Waals surface area (Å²) in [5.41, 5.74) is 2.09. The molecule has 3 rings (SSSR count). The first-order chi connectivity index (χ1) is 13.7. The molecule has 3 aromatic rings. The van der Waals surface area contributed by atoms with Crippen molar-refractivity contribution in [3.63, 3.8) is 0 Å². The van der Waals surface area contributed by atoms with Crippen LogP contribution in [-0.2, 0) is 16.0 Å². The molecular formula is C21H22N4O3. The largest absolute Gasteiger partial charge is 0.484 e. The van der Waals surface area contributed by atoms with Gasteiger partial charge in [0.25, 0.3) is 5.91 Å². The molecule has 0 saturated carbocycles. The van der Waals surface area contributed by atoms with Crippen molar-refractivity contribution in [3.8, 4) is 11.4 Å². The quantitative estimate of drug-likeness (QED) is 0.594. The molecule has 0 radical (unpaired) electrons. The zero-order chi connectivity index (χ0) is 19.6. The van der Waals surface area contributed by atoms with Gasteiger partial charge in [0, 0.05) is 18.9 Å². The Hall–Kier alpha value is -3.61. The third kappa shape index (κ3) is 5.98. The first-order valence-electron chi connectivity index (χ1n) is 9.01. The second-order valence-corrected chi connectivity index (χ2v) is 6.10. The van der Waals surface area contributed by atoms with Gasteiger partial charge in [-0.15, -0.1) is 0 Å². The maximum absolute atomic E-state index is 11.8. The Kier molecular flexibility index (Phi) is 6.78. The zero-order valence-corrected chi connectivity index (χ0v) is 15.4. The molecule has 28 heavy (non-hydrogen) atoms. The van der Waals surface area contributed by atoms with E-state index in [4.69, 9.17) is 4.74 Å². The zero-order valence-electron chi connectivity index (χ0n) is 15.4. The van der Waals surface area contributed by atoms with E-state index in [0.717, 1.165) is 11.3 Å². The van der Waals surface area contributed by atoms with Crippen molar-refractivity contribution in [1.29, 1.82) is 0 Å². The Morgan fingerprint density at radius 3 is 2.43 bits per heavy atom. The topological polar surface area (TPSA) is 85.3 Å². The molecule has 0 aliphatic heterocycles.